The number of hydrogen-bond donors (Lipinski definition) is 1. The van der Waals surface area contributed by atoms with E-state index in [-0.39, 0.29) is 30.4 Å². The van der Waals surface area contributed by atoms with E-state index >= 15 is 0 Å². The van der Waals surface area contributed by atoms with Gasteiger partial charge in [-0.15, -0.1) is 0 Å². The largest absolute Gasteiger partial charge is 0.474 e. The maximum atomic E-state index is 14.3. The molecule has 0 saturated carbocycles. The van der Waals surface area contributed by atoms with Gasteiger partial charge in [0.25, 0.3) is 5.91 Å². The molecule has 0 spiro atoms. The number of rotatable bonds is 10. The molecular weight excluding hydrogens is 609 g/mol. The Morgan fingerprint density at radius 3 is 2.70 bits per heavy atom. The summed E-state index contributed by atoms with van der Waals surface area (Å²) in [4.78, 5) is 33.0. The van der Waals surface area contributed by atoms with E-state index in [1.165, 1.54) is 6.07 Å². The van der Waals surface area contributed by atoms with Gasteiger partial charge >= 0.3 is 0 Å². The summed E-state index contributed by atoms with van der Waals surface area (Å²) in [7, 11) is 0. The molecule has 1 amide bonds. The van der Waals surface area contributed by atoms with Crippen molar-refractivity contribution in [2.24, 2.45) is 0 Å². The summed E-state index contributed by atoms with van der Waals surface area (Å²) >= 11 is 5.88. The van der Waals surface area contributed by atoms with Gasteiger partial charge in [-0.05, 0) is 67.3 Å². The monoisotopic (exact) mass is 641 g/mol. The predicted octanol–water partition coefficient (Wildman–Crippen LogP) is 5.69. The number of likely N-dealkylation sites (tertiary alicyclic amines) is 1. The first kappa shape index (κ1) is 30.2. The number of halogens is 2. The van der Waals surface area contributed by atoms with Crippen LogP contribution in [0.2, 0.25) is 5.02 Å². The predicted molar refractivity (Wildman–Crippen MR) is 171 cm³/mol. The molecule has 1 unspecified atom stereocenters. The summed E-state index contributed by atoms with van der Waals surface area (Å²) in [6.45, 7) is 3.90. The quantitative estimate of drug-likeness (QED) is 0.207. The van der Waals surface area contributed by atoms with Crippen LogP contribution < -0.4 is 10.1 Å². The number of ether oxygens (including phenoxy) is 2. The van der Waals surface area contributed by atoms with Crippen molar-refractivity contribution in [3.63, 3.8) is 0 Å². The van der Waals surface area contributed by atoms with Gasteiger partial charge in [-0.25, -0.2) is 14.4 Å². The first-order valence-corrected chi connectivity index (χ1v) is 15.8. The number of pyridine rings is 1. The summed E-state index contributed by atoms with van der Waals surface area (Å²) in [5.74, 6) is 1.36. The van der Waals surface area contributed by atoms with E-state index < -0.39 is 0 Å². The molecule has 0 radical (unpaired) electrons. The Morgan fingerprint density at radius 1 is 1.07 bits per heavy atom. The van der Waals surface area contributed by atoms with Crippen LogP contribution in [0.25, 0.3) is 11.0 Å². The SMILES string of the molecule is O=C(Nc1ccc2c(c1)nc(CN1CCC(Oc3ccnc(Cc4ccc(Cl)cc4F)n3)CC1)n2CC1CCO1)c1cccnc1. The number of piperidine rings is 1. The zero-order valence-corrected chi connectivity index (χ0v) is 25.9. The van der Waals surface area contributed by atoms with Gasteiger partial charge in [0.1, 0.15) is 23.6 Å². The van der Waals surface area contributed by atoms with Crippen molar-refractivity contribution in [3.05, 3.63) is 107 Å². The molecule has 3 aromatic heterocycles. The number of aromatic nitrogens is 5. The maximum Gasteiger partial charge on any atom is 0.257 e. The molecule has 2 fully saturated rings. The summed E-state index contributed by atoms with van der Waals surface area (Å²) in [6, 6.07) is 15.7. The average molecular weight is 642 g/mol. The highest BCUT2D eigenvalue weighted by molar-refractivity contribution is 6.30. The van der Waals surface area contributed by atoms with Crippen LogP contribution in [0.5, 0.6) is 5.88 Å². The Labute approximate surface area is 270 Å². The van der Waals surface area contributed by atoms with E-state index in [0.29, 0.717) is 40.1 Å². The van der Waals surface area contributed by atoms with Crippen molar-refractivity contribution in [3.8, 4) is 5.88 Å². The van der Waals surface area contributed by atoms with Gasteiger partial charge in [0.2, 0.25) is 5.88 Å². The lowest BCUT2D eigenvalue weighted by atomic mass is 10.1. The minimum atomic E-state index is -0.378. The van der Waals surface area contributed by atoms with Gasteiger partial charge in [0, 0.05) is 61.5 Å². The number of carbonyl (C=O) groups excluding carboxylic acids is 1. The molecule has 46 heavy (non-hydrogen) atoms. The maximum absolute atomic E-state index is 14.3. The van der Waals surface area contributed by atoms with Crippen LogP contribution in [0.1, 0.15) is 46.8 Å². The fourth-order valence-electron chi connectivity index (χ4n) is 5.84. The standard InChI is InChI=1S/C34H33ClFN7O3/c35-24-4-3-22(28(36)17-24)16-31-38-12-7-33(41-31)46-26-8-13-42(14-9-26)21-32-40-29-18-25(39-34(44)23-2-1-11-37-19-23)5-6-30(29)43(32)20-27-10-15-45-27/h1-7,11-12,17-19,26-27H,8-10,13-16,20-21H2,(H,39,44). The number of benzene rings is 2. The number of hydrogen-bond acceptors (Lipinski definition) is 8. The normalized spacial score (nSPS) is 17.1. The van der Waals surface area contributed by atoms with E-state index in [4.69, 9.17) is 26.1 Å². The number of fused-ring (bicyclic) bond motifs is 1. The zero-order valence-electron chi connectivity index (χ0n) is 25.1. The van der Waals surface area contributed by atoms with Crippen LogP contribution in [-0.2, 0) is 24.2 Å². The molecule has 2 aliphatic rings. The summed E-state index contributed by atoms with van der Waals surface area (Å²) in [6.07, 6.45) is 7.97. The number of anilines is 1. The highest BCUT2D eigenvalue weighted by atomic mass is 35.5. The fraction of sp³-hybridized carbons (Fsp3) is 0.324. The average Bonchev–Trinajstić information content (AvgIpc) is 3.37. The second-order valence-corrected chi connectivity index (χ2v) is 12.1. The summed E-state index contributed by atoms with van der Waals surface area (Å²) in [5.41, 5.74) is 3.50. The minimum absolute atomic E-state index is 0.0134. The molecule has 2 saturated heterocycles. The van der Waals surface area contributed by atoms with Crippen molar-refractivity contribution < 1.29 is 18.7 Å². The highest BCUT2D eigenvalue weighted by Crippen LogP contribution is 2.26. The molecule has 1 N–H and O–H groups in total. The Hall–Kier alpha value is -4.45. The molecular formula is C34H33ClFN7O3. The highest BCUT2D eigenvalue weighted by Gasteiger charge is 2.26. The lowest BCUT2D eigenvalue weighted by Crippen LogP contribution is -2.39. The second kappa shape index (κ2) is 13.5. The number of nitrogens with zero attached hydrogens (tertiary/aromatic N) is 6. The molecule has 10 nitrogen and oxygen atoms in total. The van der Waals surface area contributed by atoms with Crippen molar-refractivity contribution in [1.29, 1.82) is 0 Å². The van der Waals surface area contributed by atoms with Crippen molar-refractivity contribution in [2.45, 2.75) is 51.0 Å². The number of imidazole rings is 1. The molecule has 12 heteroatoms. The van der Waals surface area contributed by atoms with E-state index in [2.05, 4.69) is 29.7 Å². The molecule has 5 heterocycles. The van der Waals surface area contributed by atoms with E-state index in [0.717, 1.165) is 62.4 Å². The summed E-state index contributed by atoms with van der Waals surface area (Å²) in [5, 5.41) is 3.31. The Balaban J connectivity index is 0.996. The van der Waals surface area contributed by atoms with Gasteiger partial charge in [-0.3, -0.25) is 14.7 Å². The van der Waals surface area contributed by atoms with Crippen LogP contribution in [0.3, 0.4) is 0 Å². The topological polar surface area (TPSA) is 107 Å². The fourth-order valence-corrected chi connectivity index (χ4v) is 6.00. The Bertz CT molecular complexity index is 1840. The van der Waals surface area contributed by atoms with Gasteiger partial charge < -0.3 is 19.4 Å². The Kier molecular flexibility index (Phi) is 8.87. The molecule has 2 aliphatic heterocycles. The molecule has 0 aliphatic carbocycles. The van der Waals surface area contributed by atoms with E-state index in [9.17, 15) is 9.18 Å². The minimum Gasteiger partial charge on any atom is -0.474 e. The molecule has 2 aromatic carbocycles. The molecule has 0 bridgehead atoms. The van der Waals surface area contributed by atoms with Crippen molar-refractivity contribution in [2.75, 3.05) is 25.0 Å². The number of nitrogens with one attached hydrogen (secondary N) is 1. The van der Waals surface area contributed by atoms with Crippen molar-refractivity contribution >= 4 is 34.2 Å². The van der Waals surface area contributed by atoms with Crippen LogP contribution in [0.15, 0.2) is 73.2 Å². The van der Waals surface area contributed by atoms with Crippen LogP contribution in [-0.4, -0.2) is 67.2 Å². The molecule has 236 valence electrons. The third-order valence-corrected chi connectivity index (χ3v) is 8.65. The second-order valence-electron chi connectivity index (χ2n) is 11.6. The molecule has 1 atom stereocenters. The summed E-state index contributed by atoms with van der Waals surface area (Å²) < 4.78 is 28.5. The van der Waals surface area contributed by atoms with Gasteiger partial charge in [-0.1, -0.05) is 17.7 Å². The lowest BCUT2D eigenvalue weighted by Gasteiger charge is -2.32. The smallest absolute Gasteiger partial charge is 0.257 e. The first-order chi connectivity index (χ1) is 22.5. The van der Waals surface area contributed by atoms with E-state index in [1.54, 1.807) is 48.9 Å². The van der Waals surface area contributed by atoms with Crippen LogP contribution >= 0.6 is 11.6 Å². The third-order valence-electron chi connectivity index (χ3n) is 8.42. The van der Waals surface area contributed by atoms with Gasteiger partial charge in [0.15, 0.2) is 0 Å². The van der Waals surface area contributed by atoms with Gasteiger partial charge in [0.05, 0.1) is 35.8 Å². The van der Waals surface area contributed by atoms with Gasteiger partial charge in [-0.2, -0.15) is 4.98 Å². The first-order valence-electron chi connectivity index (χ1n) is 15.4. The third kappa shape index (κ3) is 7.01. The molecule has 5 aromatic rings. The van der Waals surface area contributed by atoms with Crippen LogP contribution in [0, 0.1) is 5.82 Å². The number of carbonyl (C=O) groups is 1. The zero-order chi connectivity index (χ0) is 31.5. The Morgan fingerprint density at radius 2 is 1.93 bits per heavy atom. The van der Waals surface area contributed by atoms with Crippen molar-refractivity contribution in [1.82, 2.24) is 29.4 Å². The lowest BCUT2D eigenvalue weighted by molar-refractivity contribution is -0.0592. The number of amides is 1. The van der Waals surface area contributed by atoms with Crippen LogP contribution in [0.4, 0.5) is 10.1 Å². The van der Waals surface area contributed by atoms with E-state index in [1.807, 2.05) is 18.2 Å². The molecule has 7 rings (SSSR count).